The molecule has 27 heavy (non-hydrogen) atoms. The first-order valence-electron chi connectivity index (χ1n) is 8.24. The minimum Gasteiger partial charge on any atom is -0.495 e. The first-order chi connectivity index (χ1) is 12.9. The van der Waals surface area contributed by atoms with Gasteiger partial charge in [0, 0.05) is 29.4 Å². The number of sulfonamides is 1. The standard InChI is InChI=1S/C18H19ClN2O5S/c1-25-16-6-5-13(18(22)20-15-4-2-3-14(19)12-15)11-17(16)27(23,24)21-7-9-26-10-8-21/h2-6,11-12H,7-10H2,1H3,(H,20,22). The van der Waals surface area contributed by atoms with E-state index < -0.39 is 15.9 Å². The van der Waals surface area contributed by atoms with E-state index in [2.05, 4.69) is 5.32 Å². The number of anilines is 1. The van der Waals surface area contributed by atoms with E-state index in [0.29, 0.717) is 23.9 Å². The van der Waals surface area contributed by atoms with Crippen LogP contribution in [0.25, 0.3) is 0 Å². The molecule has 0 aliphatic carbocycles. The fourth-order valence-corrected chi connectivity index (χ4v) is 4.49. The number of benzene rings is 2. The SMILES string of the molecule is COc1ccc(C(=O)Nc2cccc(Cl)c2)cc1S(=O)(=O)N1CCOCC1. The zero-order chi connectivity index (χ0) is 19.4. The van der Waals surface area contributed by atoms with Crippen molar-refractivity contribution in [3.05, 3.63) is 53.1 Å². The molecule has 7 nitrogen and oxygen atoms in total. The van der Waals surface area contributed by atoms with Crippen molar-refractivity contribution >= 4 is 33.2 Å². The fraction of sp³-hybridized carbons (Fsp3) is 0.278. The van der Waals surface area contributed by atoms with Crippen molar-refractivity contribution in [2.45, 2.75) is 4.90 Å². The summed E-state index contributed by atoms with van der Waals surface area (Å²) < 4.78 is 37.7. The molecule has 0 unspecified atom stereocenters. The Morgan fingerprint density at radius 1 is 1.19 bits per heavy atom. The Kier molecular flexibility index (Phi) is 6.01. The molecule has 3 rings (SSSR count). The number of carbonyl (C=O) groups is 1. The molecule has 0 atom stereocenters. The third-order valence-corrected chi connectivity index (χ3v) is 6.25. The summed E-state index contributed by atoms with van der Waals surface area (Å²) in [5.41, 5.74) is 0.712. The molecule has 1 fully saturated rings. The molecule has 0 saturated carbocycles. The van der Waals surface area contributed by atoms with E-state index in [9.17, 15) is 13.2 Å². The van der Waals surface area contributed by atoms with E-state index in [1.54, 1.807) is 24.3 Å². The summed E-state index contributed by atoms with van der Waals surface area (Å²) in [7, 11) is -2.42. The highest BCUT2D eigenvalue weighted by molar-refractivity contribution is 7.89. The summed E-state index contributed by atoms with van der Waals surface area (Å²) in [6.45, 7) is 1.17. The Hall–Kier alpha value is -2.13. The van der Waals surface area contributed by atoms with Gasteiger partial charge >= 0.3 is 0 Å². The summed E-state index contributed by atoms with van der Waals surface area (Å²) >= 11 is 5.92. The Balaban J connectivity index is 1.92. The van der Waals surface area contributed by atoms with Gasteiger partial charge in [-0.15, -0.1) is 0 Å². The lowest BCUT2D eigenvalue weighted by Gasteiger charge is -2.26. The third-order valence-electron chi connectivity index (χ3n) is 4.10. The van der Waals surface area contributed by atoms with Crippen LogP contribution in [-0.2, 0) is 14.8 Å². The van der Waals surface area contributed by atoms with Crippen LogP contribution in [0.4, 0.5) is 5.69 Å². The lowest BCUT2D eigenvalue weighted by Crippen LogP contribution is -2.40. The number of nitrogens with one attached hydrogen (secondary N) is 1. The number of halogens is 1. The van der Waals surface area contributed by atoms with E-state index >= 15 is 0 Å². The highest BCUT2D eigenvalue weighted by Crippen LogP contribution is 2.29. The number of morpholine rings is 1. The number of amides is 1. The lowest BCUT2D eigenvalue weighted by atomic mass is 10.2. The van der Waals surface area contributed by atoms with Gasteiger partial charge in [0.25, 0.3) is 5.91 Å². The molecule has 0 bridgehead atoms. The Bertz CT molecular complexity index is 943. The molecule has 2 aromatic carbocycles. The number of nitrogens with zero attached hydrogens (tertiary/aromatic N) is 1. The van der Waals surface area contributed by atoms with E-state index in [4.69, 9.17) is 21.1 Å². The smallest absolute Gasteiger partial charge is 0.255 e. The molecule has 0 radical (unpaired) electrons. The predicted molar refractivity (Wildman–Crippen MR) is 102 cm³/mol. The number of carbonyl (C=O) groups excluding carboxylic acids is 1. The van der Waals surface area contributed by atoms with E-state index in [-0.39, 0.29) is 29.3 Å². The van der Waals surface area contributed by atoms with E-state index in [1.807, 2.05) is 0 Å². The fourth-order valence-electron chi connectivity index (χ4n) is 2.72. The van der Waals surface area contributed by atoms with Gasteiger partial charge in [0.2, 0.25) is 10.0 Å². The van der Waals surface area contributed by atoms with Gasteiger partial charge in [-0.25, -0.2) is 8.42 Å². The van der Waals surface area contributed by atoms with Crippen LogP contribution < -0.4 is 10.1 Å². The number of hydrogen-bond acceptors (Lipinski definition) is 5. The number of methoxy groups -OCH3 is 1. The van der Waals surface area contributed by atoms with Gasteiger partial charge in [0.1, 0.15) is 10.6 Å². The van der Waals surface area contributed by atoms with Crippen molar-refractivity contribution in [3.63, 3.8) is 0 Å². The normalized spacial score (nSPS) is 15.3. The molecule has 1 heterocycles. The van der Waals surface area contributed by atoms with Crippen molar-refractivity contribution in [3.8, 4) is 5.75 Å². The maximum atomic E-state index is 13.0. The van der Waals surface area contributed by atoms with Crippen LogP contribution in [0.15, 0.2) is 47.4 Å². The molecule has 144 valence electrons. The second-order valence-electron chi connectivity index (χ2n) is 5.85. The first kappa shape index (κ1) is 19.6. The Morgan fingerprint density at radius 3 is 2.59 bits per heavy atom. The van der Waals surface area contributed by atoms with Crippen LogP contribution in [-0.4, -0.2) is 52.0 Å². The van der Waals surface area contributed by atoms with Crippen LogP contribution in [0.2, 0.25) is 5.02 Å². The molecule has 1 saturated heterocycles. The Morgan fingerprint density at radius 2 is 1.93 bits per heavy atom. The lowest BCUT2D eigenvalue weighted by molar-refractivity contribution is 0.0729. The molecule has 9 heteroatoms. The second-order valence-corrected chi connectivity index (χ2v) is 8.19. The zero-order valence-corrected chi connectivity index (χ0v) is 16.2. The number of rotatable bonds is 5. The van der Waals surface area contributed by atoms with E-state index in [1.165, 1.54) is 29.6 Å². The summed E-state index contributed by atoms with van der Waals surface area (Å²) in [6.07, 6.45) is 0. The van der Waals surface area contributed by atoms with Crippen molar-refractivity contribution in [1.82, 2.24) is 4.31 Å². The molecular weight excluding hydrogens is 392 g/mol. The third kappa shape index (κ3) is 4.41. The van der Waals surface area contributed by atoms with Crippen LogP contribution in [0, 0.1) is 0 Å². The maximum Gasteiger partial charge on any atom is 0.255 e. The molecule has 1 aliphatic heterocycles. The van der Waals surface area contributed by atoms with Crippen molar-refractivity contribution < 1.29 is 22.7 Å². The maximum absolute atomic E-state index is 13.0. The molecule has 0 spiro atoms. The topological polar surface area (TPSA) is 84.9 Å². The van der Waals surface area contributed by atoms with Crippen LogP contribution in [0.3, 0.4) is 0 Å². The average Bonchev–Trinajstić information content (AvgIpc) is 2.68. The number of ether oxygens (including phenoxy) is 2. The molecule has 0 aromatic heterocycles. The first-order valence-corrected chi connectivity index (χ1v) is 10.1. The van der Waals surface area contributed by atoms with Gasteiger partial charge in [-0.3, -0.25) is 4.79 Å². The van der Waals surface area contributed by atoms with E-state index in [0.717, 1.165) is 0 Å². The van der Waals surface area contributed by atoms with Crippen LogP contribution >= 0.6 is 11.6 Å². The molecule has 1 N–H and O–H groups in total. The molecular formula is C18H19ClN2O5S. The zero-order valence-electron chi connectivity index (χ0n) is 14.6. The largest absolute Gasteiger partial charge is 0.495 e. The van der Waals surface area contributed by atoms with Gasteiger partial charge in [-0.05, 0) is 36.4 Å². The highest BCUT2D eigenvalue weighted by Gasteiger charge is 2.30. The summed E-state index contributed by atoms with van der Waals surface area (Å²) in [4.78, 5) is 12.5. The van der Waals surface area contributed by atoms with Crippen LogP contribution in [0.1, 0.15) is 10.4 Å². The van der Waals surface area contributed by atoms with Gasteiger partial charge < -0.3 is 14.8 Å². The molecule has 1 amide bonds. The molecule has 1 aliphatic rings. The summed E-state index contributed by atoms with van der Waals surface area (Å²) in [5, 5.41) is 3.19. The Labute approximate surface area is 162 Å². The van der Waals surface area contributed by atoms with Gasteiger partial charge in [-0.1, -0.05) is 17.7 Å². The van der Waals surface area contributed by atoms with Crippen molar-refractivity contribution in [2.75, 3.05) is 38.7 Å². The monoisotopic (exact) mass is 410 g/mol. The predicted octanol–water partition coefficient (Wildman–Crippen LogP) is 2.62. The second kappa shape index (κ2) is 8.26. The van der Waals surface area contributed by atoms with Crippen LogP contribution in [0.5, 0.6) is 5.75 Å². The van der Waals surface area contributed by atoms with Gasteiger partial charge in [-0.2, -0.15) is 4.31 Å². The minimum absolute atomic E-state index is 0.0503. The summed E-state index contributed by atoms with van der Waals surface area (Å²) in [5.74, 6) is -0.265. The quantitative estimate of drug-likeness (QED) is 0.819. The van der Waals surface area contributed by atoms with Gasteiger partial charge in [0.15, 0.2) is 0 Å². The average molecular weight is 411 g/mol. The minimum atomic E-state index is -3.81. The summed E-state index contributed by atoms with van der Waals surface area (Å²) in [6, 6.07) is 11.0. The van der Waals surface area contributed by atoms with Gasteiger partial charge in [0.05, 0.1) is 20.3 Å². The number of hydrogen-bond donors (Lipinski definition) is 1. The highest BCUT2D eigenvalue weighted by atomic mass is 35.5. The molecule has 2 aromatic rings. The van der Waals surface area contributed by atoms with Crippen molar-refractivity contribution in [1.29, 1.82) is 0 Å². The van der Waals surface area contributed by atoms with Crippen molar-refractivity contribution in [2.24, 2.45) is 0 Å².